The predicted octanol–water partition coefficient (Wildman–Crippen LogP) is 4.67. The molecule has 1 aliphatic heterocycles. The highest BCUT2D eigenvalue weighted by Gasteiger charge is 2.31. The second-order valence-electron chi connectivity index (χ2n) is 8.77. The van der Waals surface area contributed by atoms with Crippen LogP contribution in [0.1, 0.15) is 54.3 Å². The average molecular weight is 533 g/mol. The highest BCUT2D eigenvalue weighted by molar-refractivity contribution is 5.85. The molecule has 5 heterocycles. The lowest BCUT2D eigenvalue weighted by molar-refractivity contribution is -0.137. The minimum absolute atomic E-state index is 0. The number of hydrogen-bond acceptors (Lipinski definition) is 7. The zero-order valence-electron chi connectivity index (χ0n) is 20.0. The molecule has 0 amide bonds. The van der Waals surface area contributed by atoms with Gasteiger partial charge in [0.15, 0.2) is 0 Å². The topological polar surface area (TPSA) is 106 Å². The molecule has 1 unspecified atom stereocenters. The minimum Gasteiger partial charge on any atom is -0.484 e. The largest absolute Gasteiger partial charge is 0.484 e. The van der Waals surface area contributed by atoms with Gasteiger partial charge < -0.3 is 10.1 Å². The minimum atomic E-state index is -4.52. The Balaban J connectivity index is 0.00000320. The summed E-state index contributed by atoms with van der Waals surface area (Å²) < 4.78 is 49.1. The van der Waals surface area contributed by atoms with Gasteiger partial charge in [-0.3, -0.25) is 4.98 Å². The first-order valence-electron chi connectivity index (χ1n) is 11.5. The van der Waals surface area contributed by atoms with Crippen molar-refractivity contribution < 1.29 is 17.9 Å². The van der Waals surface area contributed by atoms with Gasteiger partial charge in [-0.05, 0) is 51.9 Å². The number of rotatable bonds is 5. The standard InChI is InChI=1S/C24H23F3N8O.ClH/c1-14-22(32-33-35(14)20-3-5-29-6-4-20)17-8-21(23-18(9-28)11-31-34(23)13-17)36-15(2)16-7-19(12-30-10-16)24(25,26)27;/h7-8,10-13,15,20,29H,3-6H2,1-2H3;1H. The molecule has 0 spiro atoms. The molecule has 4 aromatic heterocycles. The molecule has 1 saturated heterocycles. The van der Waals surface area contributed by atoms with E-state index in [0.717, 1.165) is 43.9 Å². The van der Waals surface area contributed by atoms with Crippen molar-refractivity contribution in [2.45, 2.75) is 45.0 Å². The van der Waals surface area contributed by atoms with Crippen molar-refractivity contribution in [3.05, 3.63) is 59.3 Å². The van der Waals surface area contributed by atoms with Crippen LogP contribution in [-0.2, 0) is 6.18 Å². The number of pyridine rings is 2. The summed E-state index contributed by atoms with van der Waals surface area (Å²) in [6, 6.07) is 5.06. The Morgan fingerprint density at radius 1 is 1.19 bits per heavy atom. The van der Waals surface area contributed by atoms with E-state index in [1.165, 1.54) is 16.9 Å². The number of ether oxygens (including phenoxy) is 1. The molecule has 1 N–H and O–H groups in total. The number of nitrogens with zero attached hydrogens (tertiary/aromatic N) is 7. The van der Waals surface area contributed by atoms with E-state index in [1.807, 2.05) is 11.6 Å². The molecule has 9 nitrogen and oxygen atoms in total. The molecule has 0 saturated carbocycles. The number of nitriles is 1. The summed E-state index contributed by atoms with van der Waals surface area (Å²) >= 11 is 0. The van der Waals surface area contributed by atoms with Crippen LogP contribution in [0, 0.1) is 18.3 Å². The van der Waals surface area contributed by atoms with Gasteiger partial charge in [-0.15, -0.1) is 17.5 Å². The third-order valence-corrected chi connectivity index (χ3v) is 6.41. The third kappa shape index (κ3) is 5.10. The van der Waals surface area contributed by atoms with Crippen LogP contribution in [-0.4, -0.2) is 42.7 Å². The maximum absolute atomic E-state index is 13.2. The van der Waals surface area contributed by atoms with Gasteiger partial charge >= 0.3 is 6.18 Å². The van der Waals surface area contributed by atoms with E-state index in [-0.39, 0.29) is 29.6 Å². The second kappa shape index (κ2) is 10.4. The number of aromatic nitrogens is 6. The Hall–Kier alpha value is -3.69. The molecule has 0 bridgehead atoms. The van der Waals surface area contributed by atoms with Crippen LogP contribution >= 0.6 is 12.4 Å². The summed E-state index contributed by atoms with van der Waals surface area (Å²) in [7, 11) is 0. The zero-order valence-corrected chi connectivity index (χ0v) is 20.8. The maximum Gasteiger partial charge on any atom is 0.417 e. The van der Waals surface area contributed by atoms with Gasteiger partial charge in [0.2, 0.25) is 0 Å². The molecular weight excluding hydrogens is 509 g/mol. The highest BCUT2D eigenvalue weighted by atomic mass is 35.5. The summed E-state index contributed by atoms with van der Waals surface area (Å²) in [5, 5.41) is 26.0. The number of hydrogen-bond donors (Lipinski definition) is 1. The van der Waals surface area contributed by atoms with E-state index < -0.39 is 17.8 Å². The summed E-state index contributed by atoms with van der Waals surface area (Å²) in [5.74, 6) is 0.294. The monoisotopic (exact) mass is 532 g/mol. The zero-order chi connectivity index (χ0) is 25.4. The fraction of sp³-hybridized carbons (Fsp3) is 0.375. The Morgan fingerprint density at radius 3 is 2.65 bits per heavy atom. The number of halogens is 4. The fourth-order valence-electron chi connectivity index (χ4n) is 4.48. The van der Waals surface area contributed by atoms with E-state index in [9.17, 15) is 18.4 Å². The lowest BCUT2D eigenvalue weighted by Crippen LogP contribution is -2.30. The van der Waals surface area contributed by atoms with Crippen LogP contribution in [0.2, 0.25) is 0 Å². The van der Waals surface area contributed by atoms with Crippen molar-refractivity contribution in [3.63, 3.8) is 0 Å². The Labute approximate surface area is 216 Å². The summed E-state index contributed by atoms with van der Waals surface area (Å²) in [5.41, 5.74) is 2.27. The van der Waals surface area contributed by atoms with E-state index in [0.29, 0.717) is 22.5 Å². The molecule has 37 heavy (non-hydrogen) atoms. The highest BCUT2D eigenvalue weighted by Crippen LogP contribution is 2.35. The second-order valence-corrected chi connectivity index (χ2v) is 8.77. The predicted molar refractivity (Wildman–Crippen MR) is 130 cm³/mol. The quantitative estimate of drug-likeness (QED) is 0.398. The van der Waals surface area contributed by atoms with Gasteiger partial charge in [0, 0.05) is 29.7 Å². The molecule has 1 aliphatic rings. The molecule has 13 heteroatoms. The van der Waals surface area contributed by atoms with E-state index in [2.05, 4.69) is 31.8 Å². The average Bonchev–Trinajstić information content (AvgIpc) is 3.47. The molecule has 0 aromatic carbocycles. The van der Waals surface area contributed by atoms with Gasteiger partial charge in [-0.25, -0.2) is 9.20 Å². The van der Waals surface area contributed by atoms with Gasteiger partial charge in [0.1, 0.15) is 34.7 Å². The summed E-state index contributed by atoms with van der Waals surface area (Å²) in [4.78, 5) is 3.73. The third-order valence-electron chi connectivity index (χ3n) is 6.41. The first kappa shape index (κ1) is 26.4. The number of fused-ring (bicyclic) bond motifs is 1. The van der Waals surface area contributed by atoms with Crippen molar-refractivity contribution in [2.75, 3.05) is 13.1 Å². The van der Waals surface area contributed by atoms with Gasteiger partial charge in [-0.2, -0.15) is 23.5 Å². The van der Waals surface area contributed by atoms with Crippen molar-refractivity contribution in [3.8, 4) is 23.1 Å². The van der Waals surface area contributed by atoms with Crippen LogP contribution in [0.4, 0.5) is 13.2 Å². The van der Waals surface area contributed by atoms with Crippen LogP contribution in [0.15, 0.2) is 36.9 Å². The molecular formula is C24H24ClF3N8O. The first-order chi connectivity index (χ1) is 17.3. The van der Waals surface area contributed by atoms with Crippen molar-refractivity contribution in [2.24, 2.45) is 0 Å². The van der Waals surface area contributed by atoms with Gasteiger partial charge in [0.05, 0.1) is 23.5 Å². The van der Waals surface area contributed by atoms with Gasteiger partial charge in [0.25, 0.3) is 0 Å². The van der Waals surface area contributed by atoms with Crippen molar-refractivity contribution in [1.29, 1.82) is 5.26 Å². The number of nitrogens with one attached hydrogen (secondary N) is 1. The molecule has 0 radical (unpaired) electrons. The molecule has 4 aromatic rings. The summed E-state index contributed by atoms with van der Waals surface area (Å²) in [6.45, 7) is 5.40. The summed E-state index contributed by atoms with van der Waals surface area (Å²) in [6.07, 6.45) is 1.85. The SMILES string of the molecule is Cc1c(-c2cc(OC(C)c3cncc(C(F)(F)F)c3)c3c(C#N)cnn3c2)nnn1C1CCNCC1.Cl. The van der Waals surface area contributed by atoms with Crippen LogP contribution in [0.5, 0.6) is 5.75 Å². The fourth-order valence-corrected chi connectivity index (χ4v) is 4.48. The molecule has 1 fully saturated rings. The Morgan fingerprint density at radius 2 is 1.95 bits per heavy atom. The molecule has 5 rings (SSSR count). The Bertz CT molecular complexity index is 1450. The molecule has 1 atom stereocenters. The molecule has 194 valence electrons. The van der Waals surface area contributed by atoms with E-state index in [1.54, 1.807) is 19.2 Å². The van der Waals surface area contributed by atoms with E-state index >= 15 is 0 Å². The lowest BCUT2D eigenvalue weighted by Gasteiger charge is -2.23. The van der Waals surface area contributed by atoms with Crippen LogP contribution < -0.4 is 10.1 Å². The number of piperidine rings is 1. The Kier molecular flexibility index (Phi) is 7.38. The van der Waals surface area contributed by atoms with Crippen LogP contribution in [0.3, 0.4) is 0 Å². The van der Waals surface area contributed by atoms with Crippen molar-refractivity contribution >= 4 is 17.9 Å². The molecule has 0 aliphatic carbocycles. The first-order valence-corrected chi connectivity index (χ1v) is 11.5. The van der Waals surface area contributed by atoms with Crippen LogP contribution in [0.25, 0.3) is 16.8 Å². The van der Waals surface area contributed by atoms with E-state index in [4.69, 9.17) is 4.74 Å². The normalized spacial score (nSPS) is 15.2. The maximum atomic E-state index is 13.2. The van der Waals surface area contributed by atoms with Crippen molar-refractivity contribution in [1.82, 2.24) is 34.9 Å². The number of alkyl halides is 3. The smallest absolute Gasteiger partial charge is 0.417 e. The van der Waals surface area contributed by atoms with Gasteiger partial charge in [-0.1, -0.05) is 5.21 Å². The lowest BCUT2D eigenvalue weighted by atomic mass is 10.1.